The molecule has 17 heavy (non-hydrogen) atoms. The molecule has 0 atom stereocenters. The molecule has 0 fully saturated rings. The number of halogens is 3. The van der Waals surface area contributed by atoms with E-state index in [2.05, 4.69) is 9.97 Å². The lowest BCUT2D eigenvalue weighted by Gasteiger charge is -2.24. The molecule has 0 amide bonds. The third-order valence-electron chi connectivity index (χ3n) is 2.64. The molecule has 2 aromatic heterocycles. The number of alkyl halides is 3. The van der Waals surface area contributed by atoms with E-state index < -0.39 is 17.2 Å². The Morgan fingerprint density at radius 1 is 1.18 bits per heavy atom. The normalized spacial score (nSPS) is 13.3. The van der Waals surface area contributed by atoms with Crippen molar-refractivity contribution in [2.75, 3.05) is 0 Å². The highest BCUT2D eigenvalue weighted by Gasteiger charge is 2.38. The summed E-state index contributed by atoms with van der Waals surface area (Å²) in [6, 6.07) is 1.64. The van der Waals surface area contributed by atoms with Crippen LogP contribution in [-0.4, -0.2) is 9.97 Å². The minimum absolute atomic E-state index is 0.288. The molecular formula is C12H13F3N2. The summed E-state index contributed by atoms with van der Waals surface area (Å²) >= 11 is 0. The molecule has 2 aromatic rings. The maximum absolute atomic E-state index is 13.0. The summed E-state index contributed by atoms with van der Waals surface area (Å²) in [4.78, 5) is 6.64. The minimum Gasteiger partial charge on any atom is -0.346 e. The van der Waals surface area contributed by atoms with Crippen molar-refractivity contribution in [2.45, 2.75) is 32.4 Å². The molecule has 2 heterocycles. The second-order valence-electron chi connectivity index (χ2n) is 5.03. The standard InChI is InChI=1S/C12H13F3N2/c1-11(2,3)9-7-4-5-16-10(7)17-6-8(9)12(13,14)15/h4-6H,1-3H3,(H,16,17). The molecule has 0 spiro atoms. The molecule has 0 bridgehead atoms. The molecule has 1 N–H and O–H groups in total. The average molecular weight is 242 g/mol. The number of hydrogen-bond acceptors (Lipinski definition) is 1. The lowest BCUT2D eigenvalue weighted by molar-refractivity contribution is -0.138. The van der Waals surface area contributed by atoms with E-state index in [0.29, 0.717) is 11.0 Å². The first kappa shape index (κ1) is 12.0. The van der Waals surface area contributed by atoms with Crippen LogP contribution in [0.1, 0.15) is 31.9 Å². The van der Waals surface area contributed by atoms with Crippen molar-refractivity contribution in [1.82, 2.24) is 9.97 Å². The largest absolute Gasteiger partial charge is 0.418 e. The lowest BCUT2D eigenvalue weighted by Crippen LogP contribution is -2.20. The molecule has 0 unspecified atom stereocenters. The number of H-pyrrole nitrogens is 1. The fourth-order valence-corrected chi connectivity index (χ4v) is 2.03. The van der Waals surface area contributed by atoms with Gasteiger partial charge in [-0.15, -0.1) is 0 Å². The van der Waals surface area contributed by atoms with Gasteiger partial charge in [0.05, 0.1) is 5.56 Å². The zero-order valence-electron chi connectivity index (χ0n) is 9.81. The van der Waals surface area contributed by atoms with Crippen LogP contribution in [0.3, 0.4) is 0 Å². The van der Waals surface area contributed by atoms with Crippen LogP contribution in [0.5, 0.6) is 0 Å². The van der Waals surface area contributed by atoms with E-state index in [-0.39, 0.29) is 5.56 Å². The van der Waals surface area contributed by atoms with Gasteiger partial charge in [-0.05, 0) is 17.0 Å². The van der Waals surface area contributed by atoms with E-state index in [1.54, 1.807) is 33.0 Å². The zero-order chi connectivity index (χ0) is 12.8. The predicted octanol–water partition coefficient (Wildman–Crippen LogP) is 3.88. The van der Waals surface area contributed by atoms with Crippen molar-refractivity contribution in [3.05, 3.63) is 29.6 Å². The number of nitrogens with zero attached hydrogens (tertiary/aromatic N) is 1. The summed E-state index contributed by atoms with van der Waals surface area (Å²) in [7, 11) is 0. The van der Waals surface area contributed by atoms with Gasteiger partial charge in [-0.2, -0.15) is 13.2 Å². The maximum Gasteiger partial charge on any atom is 0.418 e. The molecule has 0 aliphatic rings. The highest BCUT2D eigenvalue weighted by Crippen LogP contribution is 2.40. The molecule has 2 rings (SSSR count). The van der Waals surface area contributed by atoms with Crippen LogP contribution in [0.4, 0.5) is 13.2 Å². The van der Waals surface area contributed by atoms with E-state index in [0.717, 1.165) is 6.20 Å². The molecule has 92 valence electrons. The first-order valence-electron chi connectivity index (χ1n) is 5.25. The molecular weight excluding hydrogens is 229 g/mol. The van der Waals surface area contributed by atoms with Crippen LogP contribution in [0.25, 0.3) is 11.0 Å². The van der Waals surface area contributed by atoms with Gasteiger partial charge in [0.2, 0.25) is 0 Å². The Morgan fingerprint density at radius 3 is 2.35 bits per heavy atom. The van der Waals surface area contributed by atoms with Gasteiger partial charge < -0.3 is 4.98 Å². The highest BCUT2D eigenvalue weighted by molar-refractivity contribution is 5.81. The van der Waals surface area contributed by atoms with Gasteiger partial charge >= 0.3 is 6.18 Å². The van der Waals surface area contributed by atoms with E-state index in [1.165, 1.54) is 0 Å². The molecule has 0 radical (unpaired) electrons. The van der Waals surface area contributed by atoms with Gasteiger partial charge in [-0.3, -0.25) is 0 Å². The van der Waals surface area contributed by atoms with Crippen molar-refractivity contribution in [3.63, 3.8) is 0 Å². The second kappa shape index (κ2) is 3.48. The van der Waals surface area contributed by atoms with E-state index in [1.807, 2.05) is 0 Å². The summed E-state index contributed by atoms with van der Waals surface area (Å²) in [5.74, 6) is 0. The van der Waals surface area contributed by atoms with Crippen LogP contribution in [-0.2, 0) is 11.6 Å². The first-order valence-corrected chi connectivity index (χ1v) is 5.25. The van der Waals surface area contributed by atoms with Gasteiger partial charge in [0.1, 0.15) is 5.65 Å². The van der Waals surface area contributed by atoms with Gasteiger partial charge in [0.15, 0.2) is 0 Å². The Balaban J connectivity index is 2.85. The molecule has 5 heteroatoms. The van der Waals surface area contributed by atoms with Crippen molar-refractivity contribution in [2.24, 2.45) is 0 Å². The van der Waals surface area contributed by atoms with Gasteiger partial charge in [-0.25, -0.2) is 4.98 Å². The van der Waals surface area contributed by atoms with Crippen molar-refractivity contribution < 1.29 is 13.2 Å². The lowest BCUT2D eigenvalue weighted by atomic mass is 9.82. The van der Waals surface area contributed by atoms with Crippen molar-refractivity contribution in [1.29, 1.82) is 0 Å². The summed E-state index contributed by atoms with van der Waals surface area (Å²) in [5.41, 5.74) is -0.467. The maximum atomic E-state index is 13.0. The number of fused-ring (bicyclic) bond motifs is 1. The van der Waals surface area contributed by atoms with E-state index in [4.69, 9.17) is 0 Å². The van der Waals surface area contributed by atoms with Gasteiger partial charge in [0.25, 0.3) is 0 Å². The van der Waals surface area contributed by atoms with Gasteiger partial charge in [0, 0.05) is 17.8 Å². The summed E-state index contributed by atoms with van der Waals surface area (Å²) < 4.78 is 38.9. The Morgan fingerprint density at radius 2 is 1.82 bits per heavy atom. The number of nitrogens with one attached hydrogen (secondary N) is 1. The van der Waals surface area contributed by atoms with E-state index in [9.17, 15) is 13.2 Å². The third-order valence-corrected chi connectivity index (χ3v) is 2.64. The Kier molecular flexibility index (Phi) is 2.45. The number of aromatic amines is 1. The molecule has 0 saturated heterocycles. The van der Waals surface area contributed by atoms with Crippen LogP contribution in [0.2, 0.25) is 0 Å². The Hall–Kier alpha value is -1.52. The summed E-state index contributed by atoms with van der Waals surface area (Å²) in [6.45, 7) is 5.30. The summed E-state index contributed by atoms with van der Waals surface area (Å²) in [5, 5.41) is 0.535. The first-order chi connectivity index (χ1) is 7.71. The van der Waals surface area contributed by atoms with Crippen LogP contribution < -0.4 is 0 Å². The van der Waals surface area contributed by atoms with Crippen molar-refractivity contribution >= 4 is 11.0 Å². The topological polar surface area (TPSA) is 28.7 Å². The smallest absolute Gasteiger partial charge is 0.346 e. The number of hydrogen-bond donors (Lipinski definition) is 1. The fourth-order valence-electron chi connectivity index (χ4n) is 2.03. The SMILES string of the molecule is CC(C)(C)c1c(C(F)(F)F)cnc2[nH]ccc12. The predicted molar refractivity (Wildman–Crippen MR) is 59.8 cm³/mol. The zero-order valence-corrected chi connectivity index (χ0v) is 9.81. The molecule has 0 saturated carbocycles. The summed E-state index contributed by atoms with van der Waals surface area (Å²) in [6.07, 6.45) is -1.87. The average Bonchev–Trinajstić information content (AvgIpc) is 2.59. The van der Waals surface area contributed by atoms with E-state index >= 15 is 0 Å². The Bertz CT molecular complexity index is 547. The molecule has 0 aliphatic heterocycles. The monoisotopic (exact) mass is 242 g/mol. The van der Waals surface area contributed by atoms with Gasteiger partial charge in [-0.1, -0.05) is 20.8 Å². The highest BCUT2D eigenvalue weighted by atomic mass is 19.4. The van der Waals surface area contributed by atoms with Crippen LogP contribution in [0, 0.1) is 0 Å². The Labute approximate surface area is 96.9 Å². The third kappa shape index (κ3) is 2.01. The number of pyridine rings is 1. The molecule has 2 nitrogen and oxygen atoms in total. The quantitative estimate of drug-likeness (QED) is 0.746. The molecule has 0 aromatic carbocycles. The minimum atomic E-state index is -4.37. The number of rotatable bonds is 0. The van der Waals surface area contributed by atoms with Crippen molar-refractivity contribution in [3.8, 4) is 0 Å². The molecule has 0 aliphatic carbocycles. The number of aromatic nitrogens is 2. The second-order valence-corrected chi connectivity index (χ2v) is 5.03. The van der Waals surface area contributed by atoms with Crippen LogP contribution in [0.15, 0.2) is 18.5 Å². The van der Waals surface area contributed by atoms with Crippen LogP contribution >= 0.6 is 0 Å². The fraction of sp³-hybridized carbons (Fsp3) is 0.417.